The van der Waals surface area contributed by atoms with Crippen LogP contribution in [-0.2, 0) is 4.79 Å². The Balaban J connectivity index is 1.43. The van der Waals surface area contributed by atoms with Crippen LogP contribution in [0.5, 0.6) is 0 Å². The standard InChI is InChI=1S/C20H19ClN8O2/c1-9(20(31)29-7-11(22)8-29)25-19(30)13-5-23-18-17(13)26-15(6-24-18)16-12-3-2-10(21)4-14(12)27-28-16/h2-6,9,11H,7-8,22H2,1H3,(H,23,24)(H,25,30)(H,27,28)/t9-/m1/s1. The second-order valence-electron chi connectivity index (χ2n) is 7.62. The number of halogens is 1. The number of likely N-dealkylation sites (tertiary alicyclic amines) is 1. The van der Waals surface area contributed by atoms with E-state index in [2.05, 4.69) is 30.5 Å². The maximum Gasteiger partial charge on any atom is 0.255 e. The zero-order valence-electron chi connectivity index (χ0n) is 16.5. The minimum Gasteiger partial charge on any atom is -0.344 e. The molecular weight excluding hydrogens is 420 g/mol. The van der Waals surface area contributed by atoms with Gasteiger partial charge in [0.05, 0.1) is 17.3 Å². The molecule has 5 rings (SSSR count). The molecule has 0 spiro atoms. The predicted molar refractivity (Wildman–Crippen MR) is 115 cm³/mol. The van der Waals surface area contributed by atoms with Crippen molar-refractivity contribution < 1.29 is 9.59 Å². The minimum absolute atomic E-state index is 0.00307. The monoisotopic (exact) mass is 438 g/mol. The molecule has 0 saturated carbocycles. The number of carbonyl (C=O) groups excluding carboxylic acids is 2. The number of aromatic amines is 2. The summed E-state index contributed by atoms with van der Waals surface area (Å²) in [5.74, 6) is -0.578. The van der Waals surface area contributed by atoms with Crippen LogP contribution in [-0.4, -0.2) is 67.0 Å². The van der Waals surface area contributed by atoms with Gasteiger partial charge in [-0.05, 0) is 25.1 Å². The third-order valence-corrected chi connectivity index (χ3v) is 5.57. The number of nitrogens with two attached hydrogens (primary N) is 1. The molecule has 2 amide bonds. The molecule has 3 aromatic heterocycles. The van der Waals surface area contributed by atoms with Crippen LogP contribution in [0, 0.1) is 0 Å². The number of nitrogens with one attached hydrogen (secondary N) is 3. The van der Waals surface area contributed by atoms with Crippen molar-refractivity contribution in [1.29, 1.82) is 0 Å². The third kappa shape index (κ3) is 3.39. The summed E-state index contributed by atoms with van der Waals surface area (Å²) in [4.78, 5) is 38.8. The highest BCUT2D eigenvalue weighted by atomic mass is 35.5. The average molecular weight is 439 g/mol. The first-order valence-corrected chi connectivity index (χ1v) is 10.1. The van der Waals surface area contributed by atoms with Gasteiger partial charge < -0.3 is 20.9 Å². The van der Waals surface area contributed by atoms with E-state index in [1.165, 1.54) is 6.20 Å². The molecule has 1 fully saturated rings. The number of H-pyrrole nitrogens is 2. The van der Waals surface area contributed by atoms with Crippen molar-refractivity contribution >= 4 is 45.5 Å². The fraction of sp³-hybridized carbons (Fsp3) is 0.250. The van der Waals surface area contributed by atoms with Gasteiger partial charge in [0.2, 0.25) is 5.91 Å². The summed E-state index contributed by atoms with van der Waals surface area (Å²) >= 11 is 6.04. The van der Waals surface area contributed by atoms with E-state index in [4.69, 9.17) is 17.3 Å². The van der Waals surface area contributed by atoms with Crippen molar-refractivity contribution in [2.45, 2.75) is 19.0 Å². The van der Waals surface area contributed by atoms with E-state index in [9.17, 15) is 9.59 Å². The van der Waals surface area contributed by atoms with Gasteiger partial charge in [0.25, 0.3) is 5.91 Å². The first-order chi connectivity index (χ1) is 14.9. The van der Waals surface area contributed by atoms with Crippen molar-refractivity contribution in [3.8, 4) is 11.4 Å². The fourth-order valence-corrected chi connectivity index (χ4v) is 3.84. The van der Waals surface area contributed by atoms with Crippen LogP contribution in [0.4, 0.5) is 0 Å². The normalized spacial score (nSPS) is 15.3. The van der Waals surface area contributed by atoms with Crippen molar-refractivity contribution in [3.63, 3.8) is 0 Å². The Kier molecular flexibility index (Phi) is 4.60. The third-order valence-electron chi connectivity index (χ3n) is 5.33. The van der Waals surface area contributed by atoms with Gasteiger partial charge in [-0.15, -0.1) is 0 Å². The number of benzene rings is 1. The van der Waals surface area contributed by atoms with Gasteiger partial charge in [0.15, 0.2) is 5.65 Å². The molecule has 10 nitrogen and oxygen atoms in total. The molecule has 1 aromatic carbocycles. The molecule has 1 aliphatic rings. The second kappa shape index (κ2) is 7.33. The predicted octanol–water partition coefficient (Wildman–Crippen LogP) is 1.44. The summed E-state index contributed by atoms with van der Waals surface area (Å²) in [5, 5.41) is 11.4. The first kappa shape index (κ1) is 19.5. The van der Waals surface area contributed by atoms with E-state index in [0.29, 0.717) is 46.2 Å². The molecule has 0 radical (unpaired) electrons. The molecule has 4 aromatic rings. The summed E-state index contributed by atoms with van der Waals surface area (Å²) in [5.41, 5.74) is 8.77. The quantitative estimate of drug-likeness (QED) is 0.379. The number of hydrogen-bond acceptors (Lipinski definition) is 6. The number of fused-ring (bicyclic) bond motifs is 2. The van der Waals surface area contributed by atoms with Crippen LogP contribution in [0.25, 0.3) is 33.5 Å². The summed E-state index contributed by atoms with van der Waals surface area (Å²) in [6.07, 6.45) is 3.12. The van der Waals surface area contributed by atoms with Crippen molar-refractivity contribution in [2.75, 3.05) is 13.1 Å². The highest BCUT2D eigenvalue weighted by Crippen LogP contribution is 2.28. The van der Waals surface area contributed by atoms with E-state index in [1.807, 2.05) is 6.07 Å². The molecule has 11 heteroatoms. The van der Waals surface area contributed by atoms with Crippen LogP contribution in [0.2, 0.25) is 5.02 Å². The Morgan fingerprint density at radius 3 is 2.94 bits per heavy atom. The molecular formula is C20H19ClN8O2. The maximum absolute atomic E-state index is 12.8. The molecule has 1 atom stereocenters. The largest absolute Gasteiger partial charge is 0.344 e. The van der Waals surface area contributed by atoms with Crippen molar-refractivity contribution in [2.24, 2.45) is 5.73 Å². The lowest BCUT2D eigenvalue weighted by molar-refractivity contribution is -0.137. The lowest BCUT2D eigenvalue weighted by Gasteiger charge is -2.38. The van der Waals surface area contributed by atoms with Crippen LogP contribution < -0.4 is 11.1 Å². The molecule has 4 heterocycles. The van der Waals surface area contributed by atoms with Gasteiger partial charge in [0.1, 0.15) is 22.9 Å². The zero-order chi connectivity index (χ0) is 21.7. The summed E-state index contributed by atoms with van der Waals surface area (Å²) in [6.45, 7) is 2.66. The van der Waals surface area contributed by atoms with E-state index < -0.39 is 11.9 Å². The molecule has 5 N–H and O–H groups in total. The number of carbonyl (C=O) groups is 2. The Bertz CT molecular complexity index is 1320. The van der Waals surface area contributed by atoms with Crippen LogP contribution >= 0.6 is 11.6 Å². The van der Waals surface area contributed by atoms with Crippen LogP contribution in [0.15, 0.2) is 30.6 Å². The van der Waals surface area contributed by atoms with Crippen LogP contribution in [0.3, 0.4) is 0 Å². The van der Waals surface area contributed by atoms with Gasteiger partial charge in [-0.25, -0.2) is 9.97 Å². The number of hydrogen-bond donors (Lipinski definition) is 4. The van der Waals surface area contributed by atoms with E-state index >= 15 is 0 Å². The molecule has 1 aliphatic heterocycles. The van der Waals surface area contributed by atoms with E-state index in [-0.39, 0.29) is 11.9 Å². The summed E-state index contributed by atoms with van der Waals surface area (Å²) in [7, 11) is 0. The van der Waals surface area contributed by atoms with Crippen LogP contribution in [0.1, 0.15) is 17.3 Å². The van der Waals surface area contributed by atoms with Gasteiger partial charge >= 0.3 is 0 Å². The lowest BCUT2D eigenvalue weighted by atomic mass is 10.1. The molecule has 0 aliphatic carbocycles. The smallest absolute Gasteiger partial charge is 0.255 e. The molecule has 158 valence electrons. The maximum atomic E-state index is 12.8. The van der Waals surface area contributed by atoms with E-state index in [0.717, 1.165) is 10.9 Å². The summed E-state index contributed by atoms with van der Waals surface area (Å²) in [6, 6.07) is 4.72. The van der Waals surface area contributed by atoms with E-state index in [1.54, 1.807) is 30.2 Å². The molecule has 1 saturated heterocycles. The number of amides is 2. The number of nitrogens with zero attached hydrogens (tertiary/aromatic N) is 4. The van der Waals surface area contributed by atoms with Crippen molar-refractivity contribution in [3.05, 3.63) is 41.2 Å². The lowest BCUT2D eigenvalue weighted by Crippen LogP contribution is -2.61. The highest BCUT2D eigenvalue weighted by Gasteiger charge is 2.31. The van der Waals surface area contributed by atoms with Gasteiger partial charge in [-0.1, -0.05) is 11.6 Å². The molecule has 31 heavy (non-hydrogen) atoms. The SMILES string of the molecule is C[C@@H](NC(=O)c1c[nH]c2ncc(-c3n[nH]c4cc(Cl)ccc34)nc12)C(=O)N1CC(N)C1. The first-order valence-electron chi connectivity index (χ1n) is 9.74. The Labute approximate surface area is 181 Å². The molecule has 0 unspecified atom stereocenters. The minimum atomic E-state index is -0.680. The zero-order valence-corrected chi connectivity index (χ0v) is 17.3. The second-order valence-corrected chi connectivity index (χ2v) is 8.05. The molecule has 0 bridgehead atoms. The van der Waals surface area contributed by atoms with Gasteiger partial charge in [-0.3, -0.25) is 14.7 Å². The highest BCUT2D eigenvalue weighted by molar-refractivity contribution is 6.31. The average Bonchev–Trinajstić information content (AvgIpc) is 3.33. The number of aromatic nitrogens is 5. The Morgan fingerprint density at radius 2 is 2.16 bits per heavy atom. The fourth-order valence-electron chi connectivity index (χ4n) is 3.67. The summed E-state index contributed by atoms with van der Waals surface area (Å²) < 4.78 is 0. The van der Waals surface area contributed by atoms with Crippen molar-refractivity contribution in [1.82, 2.24) is 35.4 Å². The number of rotatable bonds is 4. The Morgan fingerprint density at radius 1 is 1.35 bits per heavy atom. The van der Waals surface area contributed by atoms with Gasteiger partial charge in [0, 0.05) is 35.7 Å². The van der Waals surface area contributed by atoms with Gasteiger partial charge in [-0.2, -0.15) is 5.10 Å². The Hall–Kier alpha value is -3.50. The topological polar surface area (TPSA) is 146 Å².